The van der Waals surface area contributed by atoms with E-state index in [9.17, 15) is 19.5 Å². The van der Waals surface area contributed by atoms with Crippen molar-refractivity contribution in [3.8, 4) is 11.1 Å². The molecule has 1 aliphatic heterocycles. The van der Waals surface area contributed by atoms with E-state index in [1.165, 1.54) is 4.90 Å². The summed E-state index contributed by atoms with van der Waals surface area (Å²) in [5.74, 6) is -1.47. The lowest BCUT2D eigenvalue weighted by Crippen LogP contribution is -2.61. The summed E-state index contributed by atoms with van der Waals surface area (Å²) >= 11 is 0. The van der Waals surface area contributed by atoms with Gasteiger partial charge in [-0.25, -0.2) is 9.59 Å². The molecule has 0 radical (unpaired) electrons. The fourth-order valence-electron chi connectivity index (χ4n) is 4.90. The molecule has 1 fully saturated rings. The van der Waals surface area contributed by atoms with Crippen LogP contribution in [0.1, 0.15) is 56.6 Å². The number of likely N-dealkylation sites (tertiary alicyclic amines) is 1. The Morgan fingerprint density at radius 1 is 1.06 bits per heavy atom. The Labute approximate surface area is 193 Å². The Morgan fingerprint density at radius 2 is 1.67 bits per heavy atom. The van der Waals surface area contributed by atoms with Crippen LogP contribution >= 0.6 is 0 Å². The lowest BCUT2D eigenvalue weighted by molar-refractivity contribution is -0.155. The van der Waals surface area contributed by atoms with Gasteiger partial charge in [-0.15, -0.1) is 0 Å². The number of rotatable bonds is 6. The van der Waals surface area contributed by atoms with Crippen LogP contribution in [0.4, 0.5) is 4.79 Å². The minimum absolute atomic E-state index is 0.0785. The van der Waals surface area contributed by atoms with Crippen LogP contribution in [-0.4, -0.2) is 52.7 Å². The summed E-state index contributed by atoms with van der Waals surface area (Å²) in [5.41, 5.74) is 3.26. The third kappa shape index (κ3) is 4.32. The van der Waals surface area contributed by atoms with E-state index >= 15 is 0 Å². The number of aliphatic carboxylic acids is 1. The largest absolute Gasteiger partial charge is 0.480 e. The van der Waals surface area contributed by atoms with Gasteiger partial charge in [0.2, 0.25) is 5.91 Å². The highest BCUT2D eigenvalue weighted by molar-refractivity contribution is 5.92. The number of piperidine rings is 1. The summed E-state index contributed by atoms with van der Waals surface area (Å²) in [7, 11) is 0. The van der Waals surface area contributed by atoms with E-state index in [0.29, 0.717) is 19.4 Å². The van der Waals surface area contributed by atoms with Crippen LogP contribution in [0, 0.1) is 0 Å². The fraction of sp³-hybridized carbons (Fsp3) is 0.423. The molecular formula is C26H30N2O5. The Kier molecular flexibility index (Phi) is 6.40. The molecule has 174 valence electrons. The van der Waals surface area contributed by atoms with Gasteiger partial charge >= 0.3 is 12.1 Å². The lowest BCUT2D eigenvalue weighted by atomic mass is 9.93. The van der Waals surface area contributed by atoms with Gasteiger partial charge in [-0.2, -0.15) is 0 Å². The van der Waals surface area contributed by atoms with Crippen LogP contribution in [-0.2, 0) is 14.3 Å². The number of carbonyl (C=O) groups is 3. The number of carboxylic acids is 1. The van der Waals surface area contributed by atoms with Gasteiger partial charge in [0.05, 0.1) is 0 Å². The van der Waals surface area contributed by atoms with Crippen LogP contribution in [0.25, 0.3) is 11.1 Å². The third-order valence-electron chi connectivity index (χ3n) is 6.95. The molecule has 1 saturated heterocycles. The number of nitrogens with zero attached hydrogens (tertiary/aromatic N) is 1. The van der Waals surface area contributed by atoms with Gasteiger partial charge in [0, 0.05) is 12.5 Å². The van der Waals surface area contributed by atoms with Gasteiger partial charge in [0.1, 0.15) is 18.2 Å². The van der Waals surface area contributed by atoms with Crippen molar-refractivity contribution in [2.24, 2.45) is 0 Å². The Morgan fingerprint density at radius 3 is 2.24 bits per heavy atom. The normalized spacial score (nSPS) is 19.2. The number of hydrogen-bond acceptors (Lipinski definition) is 4. The smallest absolute Gasteiger partial charge is 0.408 e. The van der Waals surface area contributed by atoms with E-state index in [-0.39, 0.29) is 18.4 Å². The lowest BCUT2D eigenvalue weighted by Gasteiger charge is -2.39. The maximum absolute atomic E-state index is 13.3. The topological polar surface area (TPSA) is 95.9 Å². The molecule has 2 aliphatic rings. The molecule has 2 atom stereocenters. The zero-order valence-corrected chi connectivity index (χ0v) is 19.0. The molecule has 7 nitrogen and oxygen atoms in total. The molecule has 0 aromatic heterocycles. The molecule has 2 aromatic carbocycles. The molecule has 2 aromatic rings. The first-order valence-corrected chi connectivity index (χ1v) is 11.5. The average Bonchev–Trinajstić information content (AvgIpc) is 3.16. The maximum Gasteiger partial charge on any atom is 0.408 e. The van der Waals surface area contributed by atoms with Crippen molar-refractivity contribution < 1.29 is 24.2 Å². The van der Waals surface area contributed by atoms with E-state index in [1.54, 1.807) is 13.8 Å². The zero-order chi connectivity index (χ0) is 23.6. The zero-order valence-electron chi connectivity index (χ0n) is 19.0. The van der Waals surface area contributed by atoms with Gasteiger partial charge in [-0.3, -0.25) is 4.79 Å². The highest BCUT2D eigenvalue weighted by Crippen LogP contribution is 2.44. The van der Waals surface area contributed by atoms with Crippen LogP contribution in [0.3, 0.4) is 0 Å². The first kappa shape index (κ1) is 22.8. The number of carboxylic acid groups (broad SMARTS) is 1. The molecule has 4 rings (SSSR count). The van der Waals surface area contributed by atoms with Crippen molar-refractivity contribution in [3.63, 3.8) is 0 Å². The van der Waals surface area contributed by atoms with Crippen LogP contribution < -0.4 is 5.32 Å². The fourth-order valence-corrected chi connectivity index (χ4v) is 4.90. The maximum atomic E-state index is 13.3. The van der Waals surface area contributed by atoms with E-state index in [1.807, 2.05) is 36.4 Å². The molecular weight excluding hydrogens is 420 g/mol. The van der Waals surface area contributed by atoms with E-state index in [4.69, 9.17) is 4.74 Å². The molecule has 2 amide bonds. The molecule has 0 saturated carbocycles. The third-order valence-corrected chi connectivity index (χ3v) is 6.95. The number of benzene rings is 2. The highest BCUT2D eigenvalue weighted by atomic mass is 16.5. The van der Waals surface area contributed by atoms with Crippen molar-refractivity contribution in [2.45, 2.75) is 57.0 Å². The second-order valence-corrected chi connectivity index (χ2v) is 8.98. The standard InChI is InChI=1S/C26H30N2O5/c1-3-26(2,24(31)28-15-9-8-14-22(28)23(29)30)27-25(32)33-16-21-19-12-6-4-10-17(19)18-11-5-7-13-20(18)21/h4-7,10-13,21-22H,3,8-9,14-16H2,1-2H3,(H,27,32)(H,29,30)/t22-,26?/m0/s1. The van der Waals surface area contributed by atoms with Gasteiger partial charge in [0.15, 0.2) is 0 Å². The molecule has 1 aliphatic carbocycles. The quantitative estimate of drug-likeness (QED) is 0.689. The molecule has 0 spiro atoms. The minimum atomic E-state index is -1.24. The number of nitrogens with one attached hydrogen (secondary N) is 1. The number of carbonyl (C=O) groups excluding carboxylic acids is 2. The molecule has 33 heavy (non-hydrogen) atoms. The summed E-state index contributed by atoms with van der Waals surface area (Å²) in [4.78, 5) is 39.1. The molecule has 0 bridgehead atoms. The van der Waals surface area contributed by atoms with E-state index < -0.39 is 23.6 Å². The number of amides is 2. The van der Waals surface area contributed by atoms with Crippen molar-refractivity contribution in [1.82, 2.24) is 10.2 Å². The predicted octanol–water partition coefficient (Wildman–Crippen LogP) is 4.16. The molecule has 1 unspecified atom stereocenters. The Bertz CT molecular complexity index is 1020. The van der Waals surface area contributed by atoms with Crippen molar-refractivity contribution >= 4 is 18.0 Å². The van der Waals surface area contributed by atoms with Crippen molar-refractivity contribution in [1.29, 1.82) is 0 Å². The summed E-state index contributed by atoms with van der Waals surface area (Å²) in [6, 6.07) is 15.3. The number of ether oxygens (including phenoxy) is 1. The number of hydrogen-bond donors (Lipinski definition) is 2. The Balaban J connectivity index is 1.46. The van der Waals surface area contributed by atoms with Crippen LogP contribution in [0.2, 0.25) is 0 Å². The van der Waals surface area contributed by atoms with E-state index in [0.717, 1.165) is 35.1 Å². The minimum Gasteiger partial charge on any atom is -0.480 e. The summed E-state index contributed by atoms with van der Waals surface area (Å²) in [5, 5.41) is 12.3. The summed E-state index contributed by atoms with van der Waals surface area (Å²) in [6.07, 6.45) is 1.58. The number of alkyl carbamates (subject to hydrolysis) is 1. The van der Waals surface area contributed by atoms with Gasteiger partial charge in [0.25, 0.3) is 0 Å². The van der Waals surface area contributed by atoms with Crippen LogP contribution in [0.5, 0.6) is 0 Å². The second-order valence-electron chi connectivity index (χ2n) is 8.98. The van der Waals surface area contributed by atoms with Gasteiger partial charge in [-0.05, 0) is 54.9 Å². The van der Waals surface area contributed by atoms with Crippen molar-refractivity contribution in [2.75, 3.05) is 13.2 Å². The van der Waals surface area contributed by atoms with Gasteiger partial charge < -0.3 is 20.1 Å². The summed E-state index contributed by atoms with van der Waals surface area (Å²) < 4.78 is 5.61. The second kappa shape index (κ2) is 9.25. The monoisotopic (exact) mass is 450 g/mol. The van der Waals surface area contributed by atoms with Crippen LogP contribution in [0.15, 0.2) is 48.5 Å². The predicted molar refractivity (Wildman–Crippen MR) is 124 cm³/mol. The highest BCUT2D eigenvalue weighted by Gasteiger charge is 2.42. The molecule has 2 N–H and O–H groups in total. The first-order chi connectivity index (χ1) is 15.9. The Hall–Kier alpha value is -3.35. The first-order valence-electron chi connectivity index (χ1n) is 11.5. The average molecular weight is 451 g/mol. The van der Waals surface area contributed by atoms with E-state index in [2.05, 4.69) is 17.4 Å². The SMILES string of the molecule is CCC(C)(NC(=O)OCC1c2ccccc2-c2ccccc21)C(=O)N1CCCC[C@H]1C(=O)O. The van der Waals surface area contributed by atoms with Crippen molar-refractivity contribution in [3.05, 3.63) is 59.7 Å². The molecule has 1 heterocycles. The number of fused-ring (bicyclic) bond motifs is 3. The molecule has 7 heteroatoms. The van der Waals surface area contributed by atoms with Gasteiger partial charge in [-0.1, -0.05) is 55.5 Å². The summed E-state index contributed by atoms with van der Waals surface area (Å²) in [6.45, 7) is 3.94.